The van der Waals surface area contributed by atoms with Gasteiger partial charge in [-0.3, -0.25) is 0 Å². The second-order valence-corrected chi connectivity index (χ2v) is 5.30. The van der Waals surface area contributed by atoms with Gasteiger partial charge in [0.05, 0.1) is 0 Å². The third-order valence-electron chi connectivity index (χ3n) is 1.98. The lowest BCUT2D eigenvalue weighted by molar-refractivity contribution is 1.52. The molecule has 0 amide bonds. The Kier molecular flexibility index (Phi) is 3.64. The number of anilines is 2. The summed E-state index contributed by atoms with van der Waals surface area (Å²) in [5.74, 6) is 0. The first kappa shape index (κ1) is 11.0. The fourth-order valence-electron chi connectivity index (χ4n) is 1.23. The van der Waals surface area contributed by atoms with E-state index in [0.717, 1.165) is 15.8 Å². The minimum absolute atomic E-state index is 1.09. The molecule has 0 radical (unpaired) electrons. The standard InChI is InChI=1S/C12H9BrIN/c13-9-1-5-11(6-2-9)15-12-7-3-10(14)4-8-12/h1-8,15H. The van der Waals surface area contributed by atoms with Crippen LogP contribution in [0, 0.1) is 3.57 Å². The molecule has 0 aliphatic rings. The first-order valence-corrected chi connectivity index (χ1v) is 6.39. The summed E-state index contributed by atoms with van der Waals surface area (Å²) in [7, 11) is 0. The van der Waals surface area contributed by atoms with Crippen LogP contribution >= 0.6 is 38.5 Å². The molecule has 76 valence electrons. The molecule has 1 nitrogen and oxygen atoms in total. The summed E-state index contributed by atoms with van der Waals surface area (Å²) in [6, 6.07) is 16.4. The van der Waals surface area contributed by atoms with Crippen LogP contribution in [-0.4, -0.2) is 0 Å². The SMILES string of the molecule is Brc1ccc(Nc2ccc(I)cc2)cc1. The van der Waals surface area contributed by atoms with E-state index < -0.39 is 0 Å². The summed E-state index contributed by atoms with van der Waals surface area (Å²) >= 11 is 5.71. The van der Waals surface area contributed by atoms with E-state index >= 15 is 0 Å². The average molecular weight is 374 g/mol. The molecule has 0 aromatic heterocycles. The van der Waals surface area contributed by atoms with Crippen molar-refractivity contribution in [1.29, 1.82) is 0 Å². The fraction of sp³-hybridized carbons (Fsp3) is 0. The smallest absolute Gasteiger partial charge is 0.0384 e. The maximum atomic E-state index is 3.41. The van der Waals surface area contributed by atoms with Gasteiger partial charge < -0.3 is 5.32 Å². The molecule has 0 spiro atoms. The van der Waals surface area contributed by atoms with Crippen molar-refractivity contribution in [2.45, 2.75) is 0 Å². The Morgan fingerprint density at radius 3 is 1.80 bits per heavy atom. The first-order valence-electron chi connectivity index (χ1n) is 4.52. The van der Waals surface area contributed by atoms with Crippen LogP contribution in [0.1, 0.15) is 0 Å². The van der Waals surface area contributed by atoms with Gasteiger partial charge in [-0.1, -0.05) is 15.9 Å². The average Bonchev–Trinajstić information content (AvgIpc) is 2.25. The van der Waals surface area contributed by atoms with Gasteiger partial charge in [-0.2, -0.15) is 0 Å². The summed E-state index contributed by atoms with van der Waals surface area (Å²) < 4.78 is 2.34. The highest BCUT2D eigenvalue weighted by Gasteiger charge is 1.94. The predicted molar refractivity (Wildman–Crippen MR) is 76.6 cm³/mol. The van der Waals surface area contributed by atoms with Gasteiger partial charge in [0.1, 0.15) is 0 Å². The molecule has 3 heteroatoms. The Labute approximate surface area is 111 Å². The zero-order valence-corrected chi connectivity index (χ0v) is 11.6. The largest absolute Gasteiger partial charge is 0.356 e. The number of rotatable bonds is 2. The van der Waals surface area contributed by atoms with E-state index in [4.69, 9.17) is 0 Å². The summed E-state index contributed by atoms with van der Waals surface area (Å²) in [5, 5.41) is 3.33. The van der Waals surface area contributed by atoms with Gasteiger partial charge in [0.15, 0.2) is 0 Å². The topological polar surface area (TPSA) is 12.0 Å². The molecule has 0 atom stereocenters. The molecule has 0 fully saturated rings. The maximum absolute atomic E-state index is 3.41. The van der Waals surface area contributed by atoms with Crippen LogP contribution < -0.4 is 5.32 Å². The Hall–Kier alpha value is -0.550. The zero-order valence-electron chi connectivity index (χ0n) is 7.87. The van der Waals surface area contributed by atoms with Crippen LogP contribution in [0.5, 0.6) is 0 Å². The minimum Gasteiger partial charge on any atom is -0.356 e. The van der Waals surface area contributed by atoms with Crippen LogP contribution in [0.15, 0.2) is 53.0 Å². The van der Waals surface area contributed by atoms with Gasteiger partial charge in [-0.15, -0.1) is 0 Å². The van der Waals surface area contributed by atoms with Crippen molar-refractivity contribution < 1.29 is 0 Å². The Bertz CT molecular complexity index is 393. The number of halogens is 2. The van der Waals surface area contributed by atoms with E-state index in [-0.39, 0.29) is 0 Å². The van der Waals surface area contributed by atoms with Crippen molar-refractivity contribution in [2.24, 2.45) is 0 Å². The molecule has 0 heterocycles. The summed E-state index contributed by atoms with van der Waals surface area (Å²) in [6.07, 6.45) is 0. The van der Waals surface area contributed by atoms with Gasteiger partial charge in [0.2, 0.25) is 0 Å². The van der Waals surface area contributed by atoms with Crippen LogP contribution in [0.25, 0.3) is 0 Å². The van der Waals surface area contributed by atoms with Crippen molar-refractivity contribution in [3.63, 3.8) is 0 Å². The van der Waals surface area contributed by atoms with Crippen molar-refractivity contribution >= 4 is 49.9 Å². The molecule has 0 saturated heterocycles. The lowest BCUT2D eigenvalue weighted by atomic mass is 10.3. The first-order chi connectivity index (χ1) is 7.24. The monoisotopic (exact) mass is 373 g/mol. The molecule has 2 rings (SSSR count). The molecule has 0 unspecified atom stereocenters. The number of benzene rings is 2. The summed E-state index contributed by atoms with van der Waals surface area (Å²) in [4.78, 5) is 0. The van der Waals surface area contributed by atoms with Crippen LogP contribution in [-0.2, 0) is 0 Å². The van der Waals surface area contributed by atoms with E-state index in [2.05, 4.69) is 68.1 Å². The quantitative estimate of drug-likeness (QED) is 0.745. The summed E-state index contributed by atoms with van der Waals surface area (Å²) in [6.45, 7) is 0. The normalized spacial score (nSPS) is 10.0. The number of nitrogens with one attached hydrogen (secondary N) is 1. The third-order valence-corrected chi connectivity index (χ3v) is 3.22. The maximum Gasteiger partial charge on any atom is 0.0384 e. The van der Waals surface area contributed by atoms with Crippen molar-refractivity contribution in [2.75, 3.05) is 5.32 Å². The van der Waals surface area contributed by atoms with E-state index in [1.807, 2.05) is 24.3 Å². The van der Waals surface area contributed by atoms with Crippen LogP contribution in [0.2, 0.25) is 0 Å². The van der Waals surface area contributed by atoms with Crippen molar-refractivity contribution in [3.8, 4) is 0 Å². The highest BCUT2D eigenvalue weighted by atomic mass is 127. The Balaban J connectivity index is 2.15. The molecule has 0 saturated carbocycles. The van der Waals surface area contributed by atoms with Gasteiger partial charge in [-0.05, 0) is 71.1 Å². The second-order valence-electron chi connectivity index (χ2n) is 3.14. The summed E-state index contributed by atoms with van der Waals surface area (Å²) in [5.41, 5.74) is 2.21. The third kappa shape index (κ3) is 3.21. The van der Waals surface area contributed by atoms with Gasteiger partial charge >= 0.3 is 0 Å². The molecule has 1 N–H and O–H groups in total. The van der Waals surface area contributed by atoms with Gasteiger partial charge in [-0.25, -0.2) is 0 Å². The molecule has 0 aliphatic carbocycles. The fourth-order valence-corrected chi connectivity index (χ4v) is 1.86. The molecule has 2 aromatic carbocycles. The predicted octanol–water partition coefficient (Wildman–Crippen LogP) is 4.80. The van der Waals surface area contributed by atoms with Crippen LogP contribution in [0.3, 0.4) is 0 Å². The zero-order chi connectivity index (χ0) is 10.7. The number of hydrogen-bond acceptors (Lipinski definition) is 1. The van der Waals surface area contributed by atoms with Crippen molar-refractivity contribution in [3.05, 3.63) is 56.6 Å². The van der Waals surface area contributed by atoms with Crippen LogP contribution in [0.4, 0.5) is 11.4 Å². The lowest BCUT2D eigenvalue weighted by Crippen LogP contribution is -1.89. The molecule has 15 heavy (non-hydrogen) atoms. The van der Waals surface area contributed by atoms with E-state index in [0.29, 0.717) is 0 Å². The Morgan fingerprint density at radius 2 is 1.27 bits per heavy atom. The molecule has 0 bridgehead atoms. The highest BCUT2D eigenvalue weighted by Crippen LogP contribution is 2.19. The minimum atomic E-state index is 1.09. The molecule has 2 aromatic rings. The lowest BCUT2D eigenvalue weighted by Gasteiger charge is -2.06. The highest BCUT2D eigenvalue weighted by molar-refractivity contribution is 14.1. The van der Waals surface area contributed by atoms with Crippen molar-refractivity contribution in [1.82, 2.24) is 0 Å². The van der Waals surface area contributed by atoms with E-state index in [1.54, 1.807) is 0 Å². The number of hydrogen-bond donors (Lipinski definition) is 1. The Morgan fingerprint density at radius 1 is 0.800 bits per heavy atom. The molecular formula is C12H9BrIN. The van der Waals surface area contributed by atoms with E-state index in [9.17, 15) is 0 Å². The second kappa shape index (κ2) is 4.99. The van der Waals surface area contributed by atoms with E-state index in [1.165, 1.54) is 3.57 Å². The molecule has 0 aliphatic heterocycles. The van der Waals surface area contributed by atoms with Gasteiger partial charge in [0.25, 0.3) is 0 Å². The van der Waals surface area contributed by atoms with Gasteiger partial charge in [0, 0.05) is 19.4 Å². The molecular weight excluding hydrogens is 365 g/mol.